The number of carbonyl (C=O) groups is 3. The van der Waals surface area contributed by atoms with Gasteiger partial charge in [0, 0.05) is 16.7 Å². The molecule has 3 amide bonds. The molecule has 1 aliphatic carbocycles. The number of primary amides is 3. The number of benzene rings is 1. The Morgan fingerprint density at radius 2 is 1.42 bits per heavy atom. The standard InChI is InChI=1S/C18H25N3O3/c1-2-3-10-4-6-11(7-5-10)15-13(17(20)23)8-12(16(19)22)9-14(15)18(21)24/h8-11H,2-7H2,1H3,(H2,19,22)(H2,20,23)(H2,21,24). The first kappa shape index (κ1) is 18.0. The van der Waals surface area contributed by atoms with Crippen LogP contribution in [0.25, 0.3) is 0 Å². The summed E-state index contributed by atoms with van der Waals surface area (Å²) in [6, 6.07) is 2.76. The van der Waals surface area contributed by atoms with E-state index in [1.165, 1.54) is 18.6 Å². The molecule has 0 radical (unpaired) electrons. The van der Waals surface area contributed by atoms with Gasteiger partial charge in [0.2, 0.25) is 17.7 Å². The predicted molar refractivity (Wildman–Crippen MR) is 91.6 cm³/mol. The molecule has 6 nitrogen and oxygen atoms in total. The van der Waals surface area contributed by atoms with Crippen molar-refractivity contribution in [3.05, 3.63) is 34.4 Å². The topological polar surface area (TPSA) is 129 Å². The first-order valence-corrected chi connectivity index (χ1v) is 8.42. The monoisotopic (exact) mass is 331 g/mol. The highest BCUT2D eigenvalue weighted by Gasteiger charge is 2.29. The highest BCUT2D eigenvalue weighted by molar-refractivity contribution is 6.05. The largest absolute Gasteiger partial charge is 0.366 e. The van der Waals surface area contributed by atoms with Crippen LogP contribution in [0.2, 0.25) is 0 Å². The summed E-state index contributed by atoms with van der Waals surface area (Å²) in [7, 11) is 0. The summed E-state index contributed by atoms with van der Waals surface area (Å²) in [5, 5.41) is 0. The van der Waals surface area contributed by atoms with Crippen molar-refractivity contribution in [2.45, 2.75) is 51.4 Å². The third-order valence-corrected chi connectivity index (χ3v) is 4.95. The quantitative estimate of drug-likeness (QED) is 0.737. The van der Waals surface area contributed by atoms with Crippen LogP contribution >= 0.6 is 0 Å². The van der Waals surface area contributed by atoms with E-state index in [-0.39, 0.29) is 22.6 Å². The normalized spacial score (nSPS) is 20.5. The highest BCUT2D eigenvalue weighted by atomic mass is 16.2. The van der Waals surface area contributed by atoms with Crippen LogP contribution in [-0.2, 0) is 0 Å². The summed E-state index contributed by atoms with van der Waals surface area (Å²) < 4.78 is 0. The molecule has 6 heteroatoms. The molecular formula is C18H25N3O3. The van der Waals surface area contributed by atoms with Gasteiger partial charge in [-0.3, -0.25) is 14.4 Å². The van der Waals surface area contributed by atoms with Gasteiger partial charge in [0.25, 0.3) is 0 Å². The number of amides is 3. The molecule has 0 aromatic heterocycles. The van der Waals surface area contributed by atoms with Crippen LogP contribution in [0.3, 0.4) is 0 Å². The van der Waals surface area contributed by atoms with E-state index in [0.29, 0.717) is 11.5 Å². The minimum Gasteiger partial charge on any atom is -0.366 e. The molecule has 1 saturated carbocycles. The van der Waals surface area contributed by atoms with E-state index in [0.717, 1.165) is 32.1 Å². The second-order valence-electron chi connectivity index (χ2n) is 6.58. The Hall–Kier alpha value is -2.37. The Labute approximate surface area is 141 Å². The lowest BCUT2D eigenvalue weighted by molar-refractivity contribution is 0.0997. The molecule has 0 atom stereocenters. The molecule has 0 heterocycles. The Kier molecular flexibility index (Phi) is 5.59. The minimum absolute atomic E-state index is 0.0463. The fraction of sp³-hybridized carbons (Fsp3) is 0.500. The molecule has 0 spiro atoms. The lowest BCUT2D eigenvalue weighted by atomic mass is 9.74. The molecule has 1 fully saturated rings. The fourth-order valence-electron chi connectivity index (χ4n) is 3.79. The molecule has 130 valence electrons. The summed E-state index contributed by atoms with van der Waals surface area (Å²) in [4.78, 5) is 35.3. The lowest BCUT2D eigenvalue weighted by Gasteiger charge is -2.30. The zero-order chi connectivity index (χ0) is 17.9. The number of nitrogens with two attached hydrogens (primary N) is 3. The van der Waals surface area contributed by atoms with Gasteiger partial charge in [-0.1, -0.05) is 19.8 Å². The zero-order valence-electron chi connectivity index (χ0n) is 14.0. The highest BCUT2D eigenvalue weighted by Crippen LogP contribution is 2.40. The Morgan fingerprint density at radius 3 is 1.79 bits per heavy atom. The smallest absolute Gasteiger partial charge is 0.249 e. The van der Waals surface area contributed by atoms with Gasteiger partial charge < -0.3 is 17.2 Å². The molecule has 1 aromatic carbocycles. The third-order valence-electron chi connectivity index (χ3n) is 4.95. The van der Waals surface area contributed by atoms with Gasteiger partial charge >= 0.3 is 0 Å². The van der Waals surface area contributed by atoms with Gasteiger partial charge in [-0.25, -0.2) is 0 Å². The molecule has 24 heavy (non-hydrogen) atoms. The summed E-state index contributed by atoms with van der Waals surface area (Å²) in [5.41, 5.74) is 17.3. The molecule has 1 aliphatic rings. The Morgan fingerprint density at radius 1 is 0.917 bits per heavy atom. The van der Waals surface area contributed by atoms with Gasteiger partial charge in [-0.15, -0.1) is 0 Å². The second-order valence-corrected chi connectivity index (χ2v) is 6.58. The Bertz CT molecular complexity index is 626. The maximum atomic E-state index is 11.9. The first-order valence-electron chi connectivity index (χ1n) is 8.42. The van der Waals surface area contributed by atoms with E-state index >= 15 is 0 Å². The van der Waals surface area contributed by atoms with E-state index in [1.54, 1.807) is 0 Å². The molecule has 0 saturated heterocycles. The van der Waals surface area contributed by atoms with Crippen molar-refractivity contribution >= 4 is 17.7 Å². The van der Waals surface area contributed by atoms with Crippen molar-refractivity contribution in [3.63, 3.8) is 0 Å². The van der Waals surface area contributed by atoms with E-state index < -0.39 is 17.7 Å². The molecule has 6 N–H and O–H groups in total. The van der Waals surface area contributed by atoms with Gasteiger partial charge in [-0.2, -0.15) is 0 Å². The van der Waals surface area contributed by atoms with E-state index in [2.05, 4.69) is 6.92 Å². The summed E-state index contributed by atoms with van der Waals surface area (Å²) >= 11 is 0. The van der Waals surface area contributed by atoms with Gasteiger partial charge in [0.1, 0.15) is 0 Å². The average molecular weight is 331 g/mol. The van der Waals surface area contributed by atoms with Crippen molar-refractivity contribution in [3.8, 4) is 0 Å². The zero-order valence-corrected chi connectivity index (χ0v) is 14.0. The fourth-order valence-corrected chi connectivity index (χ4v) is 3.79. The van der Waals surface area contributed by atoms with Crippen molar-refractivity contribution < 1.29 is 14.4 Å². The first-order chi connectivity index (χ1) is 11.3. The summed E-state index contributed by atoms with van der Waals surface area (Å²) in [6.45, 7) is 2.17. The van der Waals surface area contributed by atoms with Crippen LogP contribution < -0.4 is 17.2 Å². The van der Waals surface area contributed by atoms with Crippen LogP contribution in [0.5, 0.6) is 0 Å². The average Bonchev–Trinajstić information content (AvgIpc) is 2.54. The van der Waals surface area contributed by atoms with Crippen LogP contribution in [0.4, 0.5) is 0 Å². The van der Waals surface area contributed by atoms with Crippen LogP contribution in [0, 0.1) is 5.92 Å². The molecule has 0 aliphatic heterocycles. The van der Waals surface area contributed by atoms with Gasteiger partial charge in [-0.05, 0) is 55.2 Å². The van der Waals surface area contributed by atoms with Crippen molar-refractivity contribution in [2.24, 2.45) is 23.1 Å². The maximum absolute atomic E-state index is 11.9. The van der Waals surface area contributed by atoms with Gasteiger partial charge in [0.15, 0.2) is 0 Å². The lowest BCUT2D eigenvalue weighted by Crippen LogP contribution is -2.26. The van der Waals surface area contributed by atoms with E-state index in [4.69, 9.17) is 17.2 Å². The number of rotatable bonds is 6. The van der Waals surface area contributed by atoms with Crippen molar-refractivity contribution in [1.82, 2.24) is 0 Å². The molecule has 0 bridgehead atoms. The SMILES string of the molecule is CCCC1CCC(c2c(C(N)=O)cc(C(N)=O)cc2C(N)=O)CC1. The van der Waals surface area contributed by atoms with Crippen molar-refractivity contribution in [1.29, 1.82) is 0 Å². The number of carbonyl (C=O) groups excluding carboxylic acids is 3. The molecule has 1 aromatic rings. The molecule has 0 unspecified atom stereocenters. The predicted octanol–water partition coefficient (Wildman–Crippen LogP) is 2.06. The molecular weight excluding hydrogens is 306 g/mol. The number of hydrogen-bond donors (Lipinski definition) is 3. The van der Waals surface area contributed by atoms with Crippen molar-refractivity contribution in [2.75, 3.05) is 0 Å². The minimum atomic E-state index is -0.724. The summed E-state index contributed by atoms with van der Waals surface area (Å²) in [5.74, 6) is -1.34. The van der Waals surface area contributed by atoms with Crippen LogP contribution in [0.15, 0.2) is 12.1 Å². The van der Waals surface area contributed by atoms with Gasteiger partial charge in [0.05, 0.1) is 0 Å². The third kappa shape index (κ3) is 3.75. The van der Waals surface area contributed by atoms with E-state index in [9.17, 15) is 14.4 Å². The number of hydrogen-bond acceptors (Lipinski definition) is 3. The van der Waals surface area contributed by atoms with Crippen LogP contribution in [-0.4, -0.2) is 17.7 Å². The van der Waals surface area contributed by atoms with Crippen LogP contribution in [0.1, 0.15) is 88.0 Å². The van der Waals surface area contributed by atoms with E-state index in [1.807, 2.05) is 0 Å². The maximum Gasteiger partial charge on any atom is 0.249 e. The second kappa shape index (κ2) is 7.47. The Balaban J connectivity index is 2.46. The molecule has 2 rings (SSSR count). The summed E-state index contributed by atoms with van der Waals surface area (Å²) in [6.07, 6.45) is 6.20.